The van der Waals surface area contributed by atoms with Gasteiger partial charge in [0.1, 0.15) is 18.1 Å². The largest absolute Gasteiger partial charge is 0.476 e. The lowest BCUT2D eigenvalue weighted by molar-refractivity contribution is 0.0766. The number of hydrogen-bond acceptors (Lipinski definition) is 6. The van der Waals surface area contributed by atoms with Gasteiger partial charge in [-0.3, -0.25) is 4.79 Å². The van der Waals surface area contributed by atoms with Crippen molar-refractivity contribution >= 4 is 11.6 Å². The SMILES string of the molecule is COC1CN(c2ccc(C(=O)NC(COCCF)CC(C)C)nc2OCC2CC2)C1. The summed E-state index contributed by atoms with van der Waals surface area (Å²) in [6, 6.07) is 3.43. The van der Waals surface area contributed by atoms with Gasteiger partial charge in [0, 0.05) is 20.2 Å². The van der Waals surface area contributed by atoms with Gasteiger partial charge in [0.15, 0.2) is 0 Å². The van der Waals surface area contributed by atoms with Gasteiger partial charge in [0.2, 0.25) is 5.88 Å². The van der Waals surface area contributed by atoms with Gasteiger partial charge in [-0.1, -0.05) is 13.8 Å². The molecule has 3 rings (SSSR count). The molecule has 1 saturated heterocycles. The Kier molecular flexibility index (Phi) is 8.27. The first-order chi connectivity index (χ1) is 14.5. The van der Waals surface area contributed by atoms with E-state index in [0.717, 1.165) is 25.2 Å². The summed E-state index contributed by atoms with van der Waals surface area (Å²) in [6.07, 6.45) is 3.32. The van der Waals surface area contributed by atoms with Crippen molar-refractivity contribution in [2.75, 3.05) is 51.6 Å². The molecule has 0 aromatic carbocycles. The van der Waals surface area contributed by atoms with Gasteiger partial charge in [-0.2, -0.15) is 0 Å². The maximum atomic E-state index is 12.8. The molecule has 1 aliphatic carbocycles. The Morgan fingerprint density at radius 1 is 1.33 bits per heavy atom. The Labute approximate surface area is 178 Å². The first kappa shape index (κ1) is 22.7. The van der Waals surface area contributed by atoms with E-state index in [1.165, 1.54) is 12.8 Å². The van der Waals surface area contributed by atoms with E-state index >= 15 is 0 Å². The predicted octanol–water partition coefficient (Wildman–Crippen LogP) is 2.84. The zero-order valence-corrected chi connectivity index (χ0v) is 18.2. The second kappa shape index (κ2) is 10.9. The van der Waals surface area contributed by atoms with Gasteiger partial charge in [-0.15, -0.1) is 0 Å². The van der Waals surface area contributed by atoms with E-state index in [4.69, 9.17) is 14.2 Å². The number of carbonyl (C=O) groups excluding carboxylic acids is 1. The molecular formula is C22H34FN3O4. The fraction of sp³-hybridized carbons (Fsp3) is 0.727. The van der Waals surface area contributed by atoms with Crippen LogP contribution in [-0.4, -0.2) is 69.7 Å². The third-order valence-electron chi connectivity index (χ3n) is 5.38. The normalized spacial score (nSPS) is 17.7. The number of hydrogen-bond donors (Lipinski definition) is 1. The van der Waals surface area contributed by atoms with Gasteiger partial charge < -0.3 is 24.4 Å². The second-order valence-electron chi connectivity index (χ2n) is 8.60. The molecule has 1 amide bonds. The maximum absolute atomic E-state index is 12.8. The van der Waals surface area contributed by atoms with Crippen molar-refractivity contribution in [2.45, 2.75) is 45.3 Å². The smallest absolute Gasteiger partial charge is 0.270 e. The summed E-state index contributed by atoms with van der Waals surface area (Å²) in [5.41, 5.74) is 1.21. The third-order valence-corrected chi connectivity index (χ3v) is 5.38. The van der Waals surface area contributed by atoms with Crippen LogP contribution in [0.1, 0.15) is 43.6 Å². The molecule has 2 aliphatic rings. The van der Waals surface area contributed by atoms with E-state index in [0.29, 0.717) is 30.0 Å². The van der Waals surface area contributed by atoms with E-state index < -0.39 is 6.67 Å². The molecule has 0 bridgehead atoms. The number of amides is 1. The van der Waals surface area contributed by atoms with Gasteiger partial charge in [-0.25, -0.2) is 9.37 Å². The molecule has 30 heavy (non-hydrogen) atoms. The summed E-state index contributed by atoms with van der Waals surface area (Å²) in [4.78, 5) is 19.5. The number of nitrogens with zero attached hydrogens (tertiary/aromatic N) is 2. The monoisotopic (exact) mass is 423 g/mol. The molecule has 2 fully saturated rings. The van der Waals surface area contributed by atoms with Crippen LogP contribution in [0.2, 0.25) is 0 Å². The van der Waals surface area contributed by atoms with Gasteiger partial charge in [-0.05, 0) is 43.2 Å². The molecule has 1 unspecified atom stereocenters. The number of ether oxygens (including phenoxy) is 3. The lowest BCUT2D eigenvalue weighted by Crippen LogP contribution is -2.52. The molecule has 1 aromatic rings. The van der Waals surface area contributed by atoms with Crippen LogP contribution in [0.4, 0.5) is 10.1 Å². The van der Waals surface area contributed by atoms with Gasteiger partial charge in [0.25, 0.3) is 5.91 Å². The zero-order valence-electron chi connectivity index (χ0n) is 18.2. The number of nitrogens with one attached hydrogen (secondary N) is 1. The van der Waals surface area contributed by atoms with E-state index in [9.17, 15) is 9.18 Å². The summed E-state index contributed by atoms with van der Waals surface area (Å²) in [7, 11) is 1.71. The molecule has 7 nitrogen and oxygen atoms in total. The number of rotatable bonds is 13. The molecular weight excluding hydrogens is 389 g/mol. The highest BCUT2D eigenvalue weighted by molar-refractivity contribution is 5.93. The zero-order chi connectivity index (χ0) is 21.5. The number of carbonyl (C=O) groups is 1. The average molecular weight is 424 g/mol. The van der Waals surface area contributed by atoms with Crippen molar-refractivity contribution in [2.24, 2.45) is 11.8 Å². The van der Waals surface area contributed by atoms with E-state index in [-0.39, 0.29) is 31.3 Å². The molecule has 1 saturated carbocycles. The van der Waals surface area contributed by atoms with Crippen LogP contribution in [0.15, 0.2) is 12.1 Å². The highest BCUT2D eigenvalue weighted by Crippen LogP contribution is 2.34. The van der Waals surface area contributed by atoms with Crippen LogP contribution < -0.4 is 15.0 Å². The number of anilines is 1. The van der Waals surface area contributed by atoms with Crippen molar-refractivity contribution < 1.29 is 23.4 Å². The van der Waals surface area contributed by atoms with Crippen LogP contribution in [0.5, 0.6) is 5.88 Å². The summed E-state index contributed by atoms with van der Waals surface area (Å²) >= 11 is 0. The Morgan fingerprint density at radius 3 is 2.73 bits per heavy atom. The van der Waals surface area contributed by atoms with Crippen molar-refractivity contribution in [3.05, 3.63) is 17.8 Å². The molecule has 8 heteroatoms. The summed E-state index contributed by atoms with van der Waals surface area (Å²) in [6.45, 7) is 6.12. The average Bonchev–Trinajstić information content (AvgIpc) is 3.50. The lowest BCUT2D eigenvalue weighted by Gasteiger charge is -2.40. The minimum Gasteiger partial charge on any atom is -0.476 e. The summed E-state index contributed by atoms with van der Waals surface area (Å²) < 4.78 is 29.0. The Balaban J connectivity index is 1.68. The molecule has 0 spiro atoms. The molecule has 1 aromatic heterocycles. The number of halogens is 1. The molecule has 168 valence electrons. The topological polar surface area (TPSA) is 72.9 Å². The number of pyridine rings is 1. The van der Waals surface area contributed by atoms with Crippen LogP contribution in [-0.2, 0) is 9.47 Å². The van der Waals surface area contributed by atoms with Crippen LogP contribution in [0, 0.1) is 11.8 Å². The maximum Gasteiger partial charge on any atom is 0.270 e. The van der Waals surface area contributed by atoms with E-state index in [2.05, 4.69) is 29.0 Å². The summed E-state index contributed by atoms with van der Waals surface area (Å²) in [5.74, 6) is 1.18. The minimum absolute atomic E-state index is 0.0366. The van der Waals surface area contributed by atoms with Crippen molar-refractivity contribution in [1.82, 2.24) is 10.3 Å². The van der Waals surface area contributed by atoms with Gasteiger partial charge in [0.05, 0.1) is 32.0 Å². The third kappa shape index (κ3) is 6.54. The Bertz CT molecular complexity index is 693. The number of methoxy groups -OCH3 is 1. The fourth-order valence-corrected chi connectivity index (χ4v) is 3.45. The van der Waals surface area contributed by atoms with Crippen LogP contribution in [0.3, 0.4) is 0 Å². The minimum atomic E-state index is -0.534. The standard InChI is InChI=1S/C22H34FN3O4/c1-15(2)10-17(14-29-9-8-23)24-21(27)19-6-7-20(26-11-18(12-26)28-3)22(25-19)30-13-16-4-5-16/h6-7,15-18H,4-5,8-14H2,1-3H3,(H,24,27). The molecule has 1 atom stereocenters. The second-order valence-corrected chi connectivity index (χ2v) is 8.60. The fourth-order valence-electron chi connectivity index (χ4n) is 3.45. The highest BCUT2D eigenvalue weighted by atomic mass is 19.1. The van der Waals surface area contributed by atoms with Crippen LogP contribution in [0.25, 0.3) is 0 Å². The number of alkyl halides is 1. The highest BCUT2D eigenvalue weighted by Gasteiger charge is 2.31. The van der Waals surface area contributed by atoms with Crippen molar-refractivity contribution in [1.29, 1.82) is 0 Å². The first-order valence-electron chi connectivity index (χ1n) is 10.9. The van der Waals surface area contributed by atoms with Gasteiger partial charge >= 0.3 is 0 Å². The summed E-state index contributed by atoms with van der Waals surface area (Å²) in [5, 5.41) is 2.98. The Hall–Kier alpha value is -1.93. The lowest BCUT2D eigenvalue weighted by atomic mass is 10.0. The first-order valence-corrected chi connectivity index (χ1v) is 10.9. The molecule has 1 aliphatic heterocycles. The number of aromatic nitrogens is 1. The molecule has 2 heterocycles. The van der Waals surface area contributed by atoms with Crippen molar-refractivity contribution in [3.8, 4) is 5.88 Å². The van der Waals surface area contributed by atoms with Crippen LogP contribution >= 0.6 is 0 Å². The van der Waals surface area contributed by atoms with Crippen molar-refractivity contribution in [3.63, 3.8) is 0 Å². The molecule has 1 N–H and O–H groups in total. The quantitative estimate of drug-likeness (QED) is 0.492. The van der Waals surface area contributed by atoms with E-state index in [1.807, 2.05) is 6.07 Å². The predicted molar refractivity (Wildman–Crippen MR) is 113 cm³/mol. The molecule has 0 radical (unpaired) electrons. The van der Waals surface area contributed by atoms with E-state index in [1.54, 1.807) is 13.2 Å². The Morgan fingerprint density at radius 2 is 2.10 bits per heavy atom.